The molecule has 1 atom stereocenters. The molecular formula is C33H40F2N2O4. The third kappa shape index (κ3) is 7.61. The minimum Gasteiger partial charge on any atom is -0.493 e. The highest BCUT2D eigenvalue weighted by Crippen LogP contribution is 2.44. The molecule has 1 aliphatic rings. The molecule has 0 aliphatic carbocycles. The smallest absolute Gasteiger partial charge is 0.337 e. The Bertz CT molecular complexity index is 1370. The van der Waals surface area contributed by atoms with Gasteiger partial charge >= 0.3 is 5.97 Å². The summed E-state index contributed by atoms with van der Waals surface area (Å²) < 4.78 is 40.8. The van der Waals surface area contributed by atoms with Crippen molar-refractivity contribution in [2.24, 2.45) is 5.41 Å². The third-order valence-corrected chi connectivity index (χ3v) is 7.48. The first-order chi connectivity index (χ1) is 19.2. The average Bonchev–Trinajstić information content (AvgIpc) is 2.88. The van der Waals surface area contributed by atoms with Crippen LogP contribution in [-0.2, 0) is 16.0 Å². The SMILES string of the molecule is Cc1ncc(-c2ccc(OCCc3ccc(F)cc3)cc2F)c(N2CCC(C)(C)CC2)c1C(OC(C)(C)C)C(=O)O. The molecule has 1 N–H and O–H groups in total. The van der Waals surface area contributed by atoms with Crippen molar-refractivity contribution in [2.45, 2.75) is 72.5 Å². The molecular weight excluding hydrogens is 526 g/mol. The van der Waals surface area contributed by atoms with Crippen molar-refractivity contribution in [1.82, 2.24) is 4.98 Å². The van der Waals surface area contributed by atoms with Crippen LogP contribution in [0, 0.1) is 24.0 Å². The van der Waals surface area contributed by atoms with Gasteiger partial charge in [0.15, 0.2) is 6.10 Å². The normalized spacial score (nSPS) is 16.0. The molecule has 0 spiro atoms. The van der Waals surface area contributed by atoms with Crippen LogP contribution in [0.5, 0.6) is 5.75 Å². The lowest BCUT2D eigenvalue weighted by Crippen LogP contribution is -2.39. The summed E-state index contributed by atoms with van der Waals surface area (Å²) in [6, 6.07) is 10.9. The van der Waals surface area contributed by atoms with Crippen LogP contribution in [0.25, 0.3) is 11.1 Å². The number of aromatic nitrogens is 1. The number of pyridine rings is 1. The largest absolute Gasteiger partial charge is 0.493 e. The van der Waals surface area contributed by atoms with Gasteiger partial charge in [-0.25, -0.2) is 13.6 Å². The first-order valence-electron chi connectivity index (χ1n) is 14.1. The minimum absolute atomic E-state index is 0.158. The highest BCUT2D eigenvalue weighted by atomic mass is 19.1. The molecule has 1 aromatic heterocycles. The van der Waals surface area contributed by atoms with Gasteiger partial charge in [-0.1, -0.05) is 26.0 Å². The monoisotopic (exact) mass is 566 g/mol. The van der Waals surface area contributed by atoms with Crippen LogP contribution < -0.4 is 9.64 Å². The Labute approximate surface area is 241 Å². The van der Waals surface area contributed by atoms with Gasteiger partial charge in [-0.05, 0) is 75.8 Å². The van der Waals surface area contributed by atoms with Crippen LogP contribution in [0.4, 0.5) is 14.5 Å². The maximum absolute atomic E-state index is 15.7. The van der Waals surface area contributed by atoms with Crippen molar-refractivity contribution >= 4 is 11.7 Å². The van der Waals surface area contributed by atoms with Crippen molar-refractivity contribution in [1.29, 1.82) is 0 Å². The van der Waals surface area contributed by atoms with E-state index in [2.05, 4.69) is 23.7 Å². The first kappa shape index (κ1) is 30.4. The Kier molecular flexibility index (Phi) is 9.02. The summed E-state index contributed by atoms with van der Waals surface area (Å²) in [5.41, 5.74) is 2.80. The second kappa shape index (κ2) is 12.1. The molecule has 220 valence electrons. The summed E-state index contributed by atoms with van der Waals surface area (Å²) >= 11 is 0. The molecule has 0 radical (unpaired) electrons. The van der Waals surface area contributed by atoms with Crippen LogP contribution in [0.3, 0.4) is 0 Å². The molecule has 41 heavy (non-hydrogen) atoms. The van der Waals surface area contributed by atoms with Crippen LogP contribution in [-0.4, -0.2) is 41.4 Å². The number of aryl methyl sites for hydroxylation is 1. The van der Waals surface area contributed by atoms with E-state index in [1.807, 2.05) is 20.8 Å². The van der Waals surface area contributed by atoms with Crippen molar-refractivity contribution in [2.75, 3.05) is 24.6 Å². The van der Waals surface area contributed by atoms with Crippen LogP contribution in [0.1, 0.15) is 70.4 Å². The number of carbonyl (C=O) groups is 1. The van der Waals surface area contributed by atoms with E-state index in [4.69, 9.17) is 9.47 Å². The van der Waals surface area contributed by atoms with Gasteiger partial charge in [-0.15, -0.1) is 0 Å². The molecule has 4 rings (SSSR count). The number of hydrogen-bond donors (Lipinski definition) is 1. The lowest BCUT2D eigenvalue weighted by molar-refractivity contribution is -0.160. The minimum atomic E-state index is -1.27. The van der Waals surface area contributed by atoms with Crippen LogP contribution in [0.15, 0.2) is 48.7 Å². The summed E-state index contributed by atoms with van der Waals surface area (Å²) in [4.78, 5) is 19.2. The quantitative estimate of drug-likeness (QED) is 0.289. The predicted octanol–water partition coefficient (Wildman–Crippen LogP) is 7.52. The van der Waals surface area contributed by atoms with Crippen molar-refractivity contribution < 1.29 is 28.2 Å². The molecule has 0 bridgehead atoms. The van der Waals surface area contributed by atoms with Crippen molar-refractivity contribution in [3.63, 3.8) is 0 Å². The van der Waals surface area contributed by atoms with Gasteiger partial charge in [0.1, 0.15) is 17.4 Å². The second-order valence-electron chi connectivity index (χ2n) is 12.5. The topological polar surface area (TPSA) is 71.9 Å². The zero-order valence-electron chi connectivity index (χ0n) is 24.8. The lowest BCUT2D eigenvalue weighted by atomic mass is 9.82. The number of halogens is 2. The average molecular weight is 567 g/mol. The van der Waals surface area contributed by atoms with Gasteiger partial charge in [0.05, 0.1) is 17.9 Å². The number of anilines is 1. The van der Waals surface area contributed by atoms with E-state index < -0.39 is 23.5 Å². The maximum Gasteiger partial charge on any atom is 0.337 e. The Hall–Kier alpha value is -3.52. The fraction of sp³-hybridized carbons (Fsp3) is 0.455. The van der Waals surface area contributed by atoms with Crippen LogP contribution >= 0.6 is 0 Å². The fourth-order valence-electron chi connectivity index (χ4n) is 5.12. The third-order valence-electron chi connectivity index (χ3n) is 7.48. The molecule has 1 fully saturated rings. The maximum atomic E-state index is 15.7. The number of nitrogens with zero attached hydrogens (tertiary/aromatic N) is 2. The van der Waals surface area contributed by atoms with Gasteiger partial charge in [-0.2, -0.15) is 0 Å². The summed E-state index contributed by atoms with van der Waals surface area (Å²) in [5, 5.41) is 10.3. The number of carboxylic acid groups (broad SMARTS) is 1. The lowest BCUT2D eigenvalue weighted by Gasteiger charge is -2.41. The number of benzene rings is 2. The molecule has 8 heteroatoms. The van der Waals surface area contributed by atoms with Gasteiger partial charge in [0, 0.05) is 54.2 Å². The Morgan fingerprint density at radius 1 is 1.07 bits per heavy atom. The van der Waals surface area contributed by atoms with Gasteiger partial charge in [-0.3, -0.25) is 4.98 Å². The van der Waals surface area contributed by atoms with Crippen molar-refractivity contribution in [3.05, 3.63) is 77.1 Å². The molecule has 1 unspecified atom stereocenters. The molecule has 2 aromatic carbocycles. The highest BCUT2D eigenvalue weighted by molar-refractivity contribution is 5.86. The fourth-order valence-corrected chi connectivity index (χ4v) is 5.12. The molecule has 0 amide bonds. The standard InChI is InChI=1S/C33H40F2N2O4/c1-21-28(30(31(38)39)41-32(2,3)4)29(37-16-14-33(5,6)15-17-37)26(20-36-21)25-12-11-24(19-27(25)35)40-18-13-22-7-9-23(34)10-8-22/h7-12,19-20,30H,13-18H2,1-6H3,(H,38,39). The van der Waals surface area contributed by atoms with E-state index >= 15 is 4.39 Å². The number of aliphatic carboxylic acids is 1. The number of carboxylic acids is 1. The van der Waals surface area contributed by atoms with Crippen molar-refractivity contribution in [3.8, 4) is 16.9 Å². The summed E-state index contributed by atoms with van der Waals surface area (Å²) in [7, 11) is 0. The van der Waals surface area contributed by atoms with E-state index in [9.17, 15) is 14.3 Å². The van der Waals surface area contributed by atoms with Gasteiger partial charge < -0.3 is 19.5 Å². The summed E-state index contributed by atoms with van der Waals surface area (Å²) in [6.45, 7) is 13.4. The zero-order chi connectivity index (χ0) is 29.9. The summed E-state index contributed by atoms with van der Waals surface area (Å²) in [6.07, 6.45) is 2.72. The van der Waals surface area contributed by atoms with Crippen LogP contribution in [0.2, 0.25) is 0 Å². The number of piperidine rings is 1. The molecule has 1 saturated heterocycles. The first-order valence-corrected chi connectivity index (χ1v) is 14.1. The van der Waals surface area contributed by atoms with E-state index in [1.54, 1.807) is 37.4 Å². The molecule has 0 saturated carbocycles. The second-order valence-corrected chi connectivity index (χ2v) is 12.5. The predicted molar refractivity (Wildman–Crippen MR) is 156 cm³/mol. The Morgan fingerprint density at radius 3 is 2.32 bits per heavy atom. The van der Waals surface area contributed by atoms with Gasteiger partial charge in [0.2, 0.25) is 0 Å². The molecule has 1 aliphatic heterocycles. The molecule has 3 aromatic rings. The Morgan fingerprint density at radius 2 is 1.73 bits per heavy atom. The highest BCUT2D eigenvalue weighted by Gasteiger charge is 2.36. The van der Waals surface area contributed by atoms with Gasteiger partial charge in [0.25, 0.3) is 0 Å². The van der Waals surface area contributed by atoms with E-state index in [1.165, 1.54) is 18.2 Å². The number of hydrogen-bond acceptors (Lipinski definition) is 5. The van der Waals surface area contributed by atoms with E-state index in [0.29, 0.717) is 59.9 Å². The van der Waals surface area contributed by atoms with E-state index in [0.717, 1.165) is 18.4 Å². The Balaban J connectivity index is 1.71. The zero-order valence-corrected chi connectivity index (χ0v) is 24.8. The van der Waals surface area contributed by atoms with E-state index in [-0.39, 0.29) is 11.2 Å². The summed E-state index contributed by atoms with van der Waals surface area (Å²) in [5.74, 6) is -1.54. The molecule has 6 nitrogen and oxygen atoms in total. The molecule has 2 heterocycles. The number of rotatable bonds is 9. The number of ether oxygens (including phenoxy) is 2.